The van der Waals surface area contributed by atoms with Crippen molar-refractivity contribution in [3.05, 3.63) is 54.9 Å². The summed E-state index contributed by atoms with van der Waals surface area (Å²) in [6.45, 7) is 3.19. The molecule has 2 aromatic rings. The zero-order chi connectivity index (χ0) is 11.0. The molecule has 0 saturated carbocycles. The topological polar surface area (TPSA) is 8.81 Å². The van der Waals surface area contributed by atoms with E-state index in [1.165, 1.54) is 11.0 Å². The molecule has 16 heavy (non-hydrogen) atoms. The predicted molar refractivity (Wildman–Crippen MR) is 65.1 cm³/mol. The van der Waals surface area contributed by atoms with E-state index in [9.17, 15) is 0 Å². The van der Waals surface area contributed by atoms with Crippen LogP contribution in [0.1, 0.15) is 13.0 Å². The molecule has 0 aliphatic heterocycles. The molecule has 3 rings (SSSR count). The number of nitrogens with zero attached hydrogens (tertiary/aromatic N) is 2. The number of aryl methyl sites for hydroxylation is 1. The first-order valence-electron chi connectivity index (χ1n) is 5.74. The second-order valence-corrected chi connectivity index (χ2v) is 4.06. The molecule has 1 aromatic carbocycles. The highest BCUT2D eigenvalue weighted by molar-refractivity contribution is 5.72. The number of allylic oxidation sites excluding steroid dienone is 4. The third-order valence-corrected chi connectivity index (χ3v) is 3.12. The molecule has 1 aliphatic carbocycles. The van der Waals surface area contributed by atoms with E-state index in [1.54, 1.807) is 0 Å². The Bertz CT molecular complexity index is 563. The number of fused-ring (bicyclic) bond motifs is 1. The van der Waals surface area contributed by atoms with Crippen LogP contribution in [0.25, 0.3) is 11.0 Å². The van der Waals surface area contributed by atoms with Crippen LogP contribution in [0.3, 0.4) is 0 Å². The van der Waals surface area contributed by atoms with Crippen LogP contribution in [0.4, 0.5) is 0 Å². The van der Waals surface area contributed by atoms with Gasteiger partial charge in [0, 0.05) is 0 Å². The Morgan fingerprint density at radius 2 is 1.94 bits per heavy atom. The van der Waals surface area contributed by atoms with Crippen LogP contribution < -0.4 is 4.57 Å². The van der Waals surface area contributed by atoms with E-state index in [4.69, 9.17) is 0 Å². The normalized spacial score (nSPS) is 15.3. The maximum atomic E-state index is 2.32. The highest BCUT2D eigenvalue weighted by atomic mass is 15.1. The molecule has 2 nitrogen and oxygen atoms in total. The van der Waals surface area contributed by atoms with Gasteiger partial charge < -0.3 is 0 Å². The number of rotatable bonds is 2. The second kappa shape index (κ2) is 3.63. The lowest BCUT2D eigenvalue weighted by Gasteiger charge is -2.00. The molecule has 1 aromatic heterocycles. The fourth-order valence-corrected chi connectivity index (χ4v) is 2.30. The summed E-state index contributed by atoms with van der Waals surface area (Å²) in [6, 6.07) is 8.93. The average molecular weight is 211 g/mol. The minimum Gasteiger partial charge on any atom is -0.230 e. The van der Waals surface area contributed by atoms with Crippen molar-refractivity contribution in [2.24, 2.45) is 0 Å². The summed E-state index contributed by atoms with van der Waals surface area (Å²) in [4.78, 5) is 0. The van der Waals surface area contributed by atoms with Crippen molar-refractivity contribution >= 4 is 11.0 Å². The quantitative estimate of drug-likeness (QED) is 0.675. The summed E-state index contributed by atoms with van der Waals surface area (Å²) in [6.07, 6.45) is 10.8. The molecule has 1 aliphatic rings. The highest BCUT2D eigenvalue weighted by Crippen LogP contribution is 2.21. The van der Waals surface area contributed by atoms with Crippen LogP contribution in [-0.4, -0.2) is 4.57 Å². The summed E-state index contributed by atoms with van der Waals surface area (Å²) in [5, 5.41) is 0. The van der Waals surface area contributed by atoms with E-state index in [-0.39, 0.29) is 0 Å². The molecule has 0 N–H and O–H groups in total. The number of benzene rings is 1. The first-order chi connectivity index (χ1) is 7.90. The lowest BCUT2D eigenvalue weighted by Crippen LogP contribution is -2.30. The fourth-order valence-electron chi connectivity index (χ4n) is 2.30. The van der Waals surface area contributed by atoms with Gasteiger partial charge in [-0.2, -0.15) is 0 Å². The molecule has 0 fully saturated rings. The molecule has 0 spiro atoms. The lowest BCUT2D eigenvalue weighted by atomic mass is 10.2. The third-order valence-electron chi connectivity index (χ3n) is 3.12. The first kappa shape index (κ1) is 9.40. The van der Waals surface area contributed by atoms with Gasteiger partial charge in [0.25, 0.3) is 0 Å². The van der Waals surface area contributed by atoms with E-state index in [0.717, 1.165) is 6.54 Å². The van der Waals surface area contributed by atoms with Crippen LogP contribution in [0.15, 0.2) is 54.9 Å². The molecule has 0 amide bonds. The van der Waals surface area contributed by atoms with Crippen LogP contribution >= 0.6 is 0 Å². The van der Waals surface area contributed by atoms with Crippen LogP contribution in [-0.2, 0) is 6.54 Å². The van der Waals surface area contributed by atoms with Crippen LogP contribution in [0.5, 0.6) is 0 Å². The number of aromatic nitrogens is 2. The zero-order valence-corrected chi connectivity index (χ0v) is 9.38. The Hall–Kier alpha value is -1.83. The van der Waals surface area contributed by atoms with Gasteiger partial charge in [0.05, 0.1) is 6.54 Å². The molecule has 1 heterocycles. The van der Waals surface area contributed by atoms with Gasteiger partial charge in [0.15, 0.2) is 11.0 Å². The molecule has 0 radical (unpaired) electrons. The van der Waals surface area contributed by atoms with Crippen LogP contribution in [0, 0.1) is 0 Å². The van der Waals surface area contributed by atoms with E-state index >= 15 is 0 Å². The lowest BCUT2D eigenvalue weighted by molar-refractivity contribution is -0.668. The van der Waals surface area contributed by atoms with Crippen molar-refractivity contribution in [2.75, 3.05) is 0 Å². The fraction of sp³-hybridized carbons (Fsp3) is 0.214. The van der Waals surface area contributed by atoms with Gasteiger partial charge in [0.2, 0.25) is 6.33 Å². The van der Waals surface area contributed by atoms with Gasteiger partial charge in [0.1, 0.15) is 6.04 Å². The van der Waals surface area contributed by atoms with Gasteiger partial charge in [-0.3, -0.25) is 0 Å². The molecule has 0 bridgehead atoms. The van der Waals surface area contributed by atoms with Crippen molar-refractivity contribution in [1.82, 2.24) is 4.57 Å². The highest BCUT2D eigenvalue weighted by Gasteiger charge is 2.19. The summed E-state index contributed by atoms with van der Waals surface area (Å²) < 4.78 is 4.61. The Morgan fingerprint density at radius 1 is 1.19 bits per heavy atom. The molecular formula is C14H15N2+. The van der Waals surface area contributed by atoms with E-state index in [1.807, 2.05) is 0 Å². The Morgan fingerprint density at radius 3 is 2.69 bits per heavy atom. The maximum absolute atomic E-state index is 2.32. The molecule has 2 heteroatoms. The largest absolute Gasteiger partial charge is 0.245 e. The smallest absolute Gasteiger partial charge is 0.230 e. The number of imidazole rings is 1. The summed E-state index contributed by atoms with van der Waals surface area (Å²) in [5.41, 5.74) is 2.60. The monoisotopic (exact) mass is 211 g/mol. The summed E-state index contributed by atoms with van der Waals surface area (Å²) in [5.74, 6) is 0. The molecule has 0 atom stereocenters. The minimum atomic E-state index is 0.373. The molecular weight excluding hydrogens is 196 g/mol. The maximum Gasteiger partial charge on any atom is 0.245 e. The van der Waals surface area contributed by atoms with E-state index in [0.29, 0.717) is 6.04 Å². The predicted octanol–water partition coefficient (Wildman–Crippen LogP) is 2.62. The van der Waals surface area contributed by atoms with Crippen LogP contribution in [0.2, 0.25) is 0 Å². The number of hydrogen-bond acceptors (Lipinski definition) is 0. The zero-order valence-electron chi connectivity index (χ0n) is 9.38. The minimum absolute atomic E-state index is 0.373. The van der Waals surface area contributed by atoms with Gasteiger partial charge in [-0.15, -0.1) is 0 Å². The summed E-state index contributed by atoms with van der Waals surface area (Å²) in [7, 11) is 0. The Kier molecular flexibility index (Phi) is 2.13. The van der Waals surface area contributed by atoms with E-state index < -0.39 is 0 Å². The first-order valence-corrected chi connectivity index (χ1v) is 5.74. The van der Waals surface area contributed by atoms with Crippen molar-refractivity contribution in [2.45, 2.75) is 19.5 Å². The molecule has 0 unspecified atom stereocenters. The summed E-state index contributed by atoms with van der Waals surface area (Å²) >= 11 is 0. The number of para-hydroxylation sites is 2. The Balaban J connectivity index is 2.24. The van der Waals surface area contributed by atoms with Crippen molar-refractivity contribution in [3.8, 4) is 0 Å². The van der Waals surface area contributed by atoms with Gasteiger partial charge in [-0.1, -0.05) is 24.3 Å². The van der Waals surface area contributed by atoms with Crippen molar-refractivity contribution in [3.63, 3.8) is 0 Å². The van der Waals surface area contributed by atoms with E-state index in [2.05, 4.69) is 71.0 Å². The van der Waals surface area contributed by atoms with Crippen molar-refractivity contribution < 1.29 is 4.57 Å². The SMILES string of the molecule is CC[n+]1cn(C2C=CC=C2)c2ccccc21. The standard InChI is InChI=1S/C14H15N2/c1-2-15-11-16(12-7-3-4-8-12)14-10-6-5-9-13(14)15/h3-12H,2H2,1H3/q+1. The Labute approximate surface area is 95.1 Å². The molecule has 80 valence electrons. The van der Waals surface area contributed by atoms with Gasteiger partial charge >= 0.3 is 0 Å². The second-order valence-electron chi connectivity index (χ2n) is 4.06. The average Bonchev–Trinajstić information content (AvgIpc) is 2.95. The molecule has 0 saturated heterocycles. The third kappa shape index (κ3) is 1.30. The van der Waals surface area contributed by atoms with Crippen molar-refractivity contribution in [1.29, 1.82) is 0 Å². The number of hydrogen-bond donors (Lipinski definition) is 0. The van der Waals surface area contributed by atoms with Gasteiger partial charge in [-0.05, 0) is 31.2 Å². The van der Waals surface area contributed by atoms with Gasteiger partial charge in [-0.25, -0.2) is 9.13 Å².